The number of carboxylic acid groups (broad SMARTS) is 1. The van der Waals surface area contributed by atoms with Crippen LogP contribution >= 0.6 is 0 Å². The second-order valence-electron chi connectivity index (χ2n) is 6.80. The van der Waals surface area contributed by atoms with Crippen LogP contribution in [-0.4, -0.2) is 57.0 Å². The standard InChI is InChI=1S/C19H25N5O3/c1-3-23(12-18(25)26)16-10-14(11-16)20-19(27)21-17-9-13(2)24(22-17)15-7-5-4-6-8-15/h4-9,14,16H,3,10-12H2,1-2H3,(H,25,26)(H2,20,21,22,27). The van der Waals surface area contributed by atoms with Gasteiger partial charge in [-0.05, 0) is 38.4 Å². The van der Waals surface area contributed by atoms with Crippen LogP contribution in [0.1, 0.15) is 25.5 Å². The van der Waals surface area contributed by atoms with E-state index in [1.54, 1.807) is 4.68 Å². The SMILES string of the molecule is CCN(CC(=O)O)C1CC(NC(=O)Nc2cc(C)n(-c3ccccc3)n2)C1. The van der Waals surface area contributed by atoms with Crippen LogP contribution in [0.3, 0.4) is 0 Å². The van der Waals surface area contributed by atoms with Gasteiger partial charge in [-0.2, -0.15) is 0 Å². The highest BCUT2D eigenvalue weighted by Gasteiger charge is 2.34. The van der Waals surface area contributed by atoms with Crippen LogP contribution in [0, 0.1) is 6.92 Å². The van der Waals surface area contributed by atoms with Crippen LogP contribution in [0.15, 0.2) is 36.4 Å². The van der Waals surface area contributed by atoms with E-state index in [4.69, 9.17) is 5.11 Å². The average Bonchev–Trinajstić information content (AvgIpc) is 2.96. The van der Waals surface area contributed by atoms with Gasteiger partial charge in [-0.15, -0.1) is 5.10 Å². The van der Waals surface area contributed by atoms with E-state index >= 15 is 0 Å². The molecule has 8 heteroatoms. The van der Waals surface area contributed by atoms with Crippen molar-refractivity contribution in [2.24, 2.45) is 0 Å². The lowest BCUT2D eigenvalue weighted by Crippen LogP contribution is -2.55. The monoisotopic (exact) mass is 371 g/mol. The quantitative estimate of drug-likeness (QED) is 0.693. The van der Waals surface area contributed by atoms with Gasteiger partial charge in [0.1, 0.15) is 0 Å². The van der Waals surface area contributed by atoms with Gasteiger partial charge in [0, 0.05) is 23.8 Å². The molecule has 1 saturated carbocycles. The number of aromatic nitrogens is 2. The van der Waals surface area contributed by atoms with Crippen LogP contribution in [0.5, 0.6) is 0 Å². The van der Waals surface area contributed by atoms with Crippen molar-refractivity contribution in [3.8, 4) is 5.69 Å². The second-order valence-corrected chi connectivity index (χ2v) is 6.80. The fourth-order valence-electron chi connectivity index (χ4n) is 3.38. The number of carboxylic acids is 1. The molecular formula is C19H25N5O3. The first-order valence-electron chi connectivity index (χ1n) is 9.11. The summed E-state index contributed by atoms with van der Waals surface area (Å²) in [6.45, 7) is 4.60. The van der Waals surface area contributed by atoms with Crippen molar-refractivity contribution >= 4 is 17.8 Å². The minimum absolute atomic E-state index is 0.0380. The zero-order valence-electron chi connectivity index (χ0n) is 15.6. The Labute approximate surface area is 158 Å². The molecule has 2 aromatic rings. The zero-order chi connectivity index (χ0) is 19.4. The summed E-state index contributed by atoms with van der Waals surface area (Å²) in [5, 5.41) is 19.1. The molecule has 144 valence electrons. The van der Waals surface area contributed by atoms with Crippen LogP contribution in [0.25, 0.3) is 5.69 Å². The summed E-state index contributed by atoms with van der Waals surface area (Å²) in [4.78, 5) is 25.0. The summed E-state index contributed by atoms with van der Waals surface area (Å²) < 4.78 is 1.78. The predicted octanol–water partition coefficient (Wildman–Crippen LogP) is 2.24. The van der Waals surface area contributed by atoms with Crippen LogP contribution < -0.4 is 10.6 Å². The third-order valence-corrected chi connectivity index (χ3v) is 4.84. The fraction of sp³-hybridized carbons (Fsp3) is 0.421. The molecule has 27 heavy (non-hydrogen) atoms. The number of carbonyl (C=O) groups excluding carboxylic acids is 1. The number of hydrogen-bond acceptors (Lipinski definition) is 4. The van der Waals surface area contributed by atoms with E-state index in [2.05, 4.69) is 15.7 Å². The van der Waals surface area contributed by atoms with Crippen molar-refractivity contribution in [3.05, 3.63) is 42.1 Å². The molecule has 1 heterocycles. The molecule has 0 bridgehead atoms. The molecule has 0 atom stereocenters. The van der Waals surface area contributed by atoms with Crippen molar-refractivity contribution in [3.63, 3.8) is 0 Å². The van der Waals surface area contributed by atoms with E-state index in [0.29, 0.717) is 12.4 Å². The minimum Gasteiger partial charge on any atom is -0.480 e. The normalized spacial score (nSPS) is 18.8. The summed E-state index contributed by atoms with van der Waals surface area (Å²) in [5.74, 6) is -0.332. The topological polar surface area (TPSA) is 99.5 Å². The van der Waals surface area contributed by atoms with Gasteiger partial charge in [0.05, 0.1) is 12.2 Å². The highest BCUT2D eigenvalue weighted by atomic mass is 16.4. The van der Waals surface area contributed by atoms with Crippen LogP contribution in [0.2, 0.25) is 0 Å². The number of rotatable bonds is 7. The number of nitrogens with one attached hydrogen (secondary N) is 2. The molecule has 3 rings (SSSR count). The third-order valence-electron chi connectivity index (χ3n) is 4.84. The number of carbonyl (C=O) groups is 2. The first-order valence-corrected chi connectivity index (χ1v) is 9.11. The number of likely N-dealkylation sites (N-methyl/N-ethyl adjacent to an activating group) is 1. The van der Waals surface area contributed by atoms with Gasteiger partial charge in [-0.3, -0.25) is 15.0 Å². The Bertz CT molecular complexity index is 799. The molecule has 1 aliphatic rings. The van der Waals surface area contributed by atoms with E-state index in [1.807, 2.05) is 55.1 Å². The average molecular weight is 371 g/mol. The smallest absolute Gasteiger partial charge is 0.320 e. The van der Waals surface area contributed by atoms with Crippen LogP contribution in [-0.2, 0) is 4.79 Å². The Kier molecular flexibility index (Phi) is 5.75. The van der Waals surface area contributed by atoms with Gasteiger partial charge in [-0.25, -0.2) is 9.48 Å². The number of nitrogens with zero attached hydrogens (tertiary/aromatic N) is 3. The summed E-state index contributed by atoms with van der Waals surface area (Å²) in [6.07, 6.45) is 1.51. The lowest BCUT2D eigenvalue weighted by Gasteiger charge is -2.42. The summed E-state index contributed by atoms with van der Waals surface area (Å²) >= 11 is 0. The second kappa shape index (κ2) is 8.22. The highest BCUT2D eigenvalue weighted by molar-refractivity contribution is 5.88. The van der Waals surface area contributed by atoms with Gasteiger partial charge >= 0.3 is 12.0 Å². The molecule has 8 nitrogen and oxygen atoms in total. The van der Waals surface area contributed by atoms with E-state index in [0.717, 1.165) is 24.2 Å². The first-order chi connectivity index (χ1) is 13.0. The minimum atomic E-state index is -0.824. The number of urea groups is 1. The third kappa shape index (κ3) is 4.65. The molecule has 3 N–H and O–H groups in total. The Hall–Kier alpha value is -2.87. The molecule has 0 radical (unpaired) electrons. The van der Waals surface area contributed by atoms with Crippen LogP contribution in [0.4, 0.5) is 10.6 Å². The first kappa shape index (κ1) is 18.9. The number of aryl methyl sites for hydroxylation is 1. The number of amides is 2. The molecule has 1 aromatic carbocycles. The van der Waals surface area contributed by atoms with Gasteiger partial charge in [0.15, 0.2) is 5.82 Å². The summed E-state index contributed by atoms with van der Waals surface area (Å²) in [7, 11) is 0. The molecule has 0 spiro atoms. The van der Waals surface area contributed by atoms with Crippen molar-refractivity contribution < 1.29 is 14.7 Å². The van der Waals surface area contributed by atoms with Crippen molar-refractivity contribution in [1.29, 1.82) is 0 Å². The molecule has 2 amide bonds. The zero-order valence-corrected chi connectivity index (χ0v) is 15.6. The Morgan fingerprint density at radius 2 is 2.00 bits per heavy atom. The van der Waals surface area contributed by atoms with Gasteiger partial charge in [0.25, 0.3) is 0 Å². The Morgan fingerprint density at radius 3 is 2.63 bits per heavy atom. The van der Waals surface area contributed by atoms with E-state index in [-0.39, 0.29) is 24.7 Å². The fourth-order valence-corrected chi connectivity index (χ4v) is 3.38. The molecule has 0 aliphatic heterocycles. The van der Waals surface area contributed by atoms with E-state index < -0.39 is 5.97 Å². The number of anilines is 1. The maximum atomic E-state index is 12.2. The Morgan fingerprint density at radius 1 is 1.30 bits per heavy atom. The molecular weight excluding hydrogens is 346 g/mol. The number of aliphatic carboxylic acids is 1. The largest absolute Gasteiger partial charge is 0.480 e. The molecule has 0 saturated heterocycles. The molecule has 1 aromatic heterocycles. The van der Waals surface area contributed by atoms with E-state index in [9.17, 15) is 9.59 Å². The van der Waals surface area contributed by atoms with Gasteiger partial charge in [0.2, 0.25) is 0 Å². The predicted molar refractivity (Wildman–Crippen MR) is 102 cm³/mol. The lowest BCUT2D eigenvalue weighted by molar-refractivity contribution is -0.139. The van der Waals surface area contributed by atoms with Crippen molar-refractivity contribution in [2.45, 2.75) is 38.8 Å². The summed E-state index contributed by atoms with van der Waals surface area (Å²) in [6, 6.07) is 11.5. The number of benzene rings is 1. The highest BCUT2D eigenvalue weighted by Crippen LogP contribution is 2.25. The Balaban J connectivity index is 1.50. The van der Waals surface area contributed by atoms with Crippen molar-refractivity contribution in [2.75, 3.05) is 18.4 Å². The van der Waals surface area contributed by atoms with Crippen molar-refractivity contribution in [1.82, 2.24) is 20.0 Å². The van der Waals surface area contributed by atoms with Gasteiger partial charge < -0.3 is 10.4 Å². The summed E-state index contributed by atoms with van der Waals surface area (Å²) in [5.41, 5.74) is 1.86. The maximum absolute atomic E-state index is 12.2. The number of hydrogen-bond donors (Lipinski definition) is 3. The molecule has 0 unspecified atom stereocenters. The van der Waals surface area contributed by atoms with E-state index in [1.165, 1.54) is 0 Å². The van der Waals surface area contributed by atoms with Gasteiger partial charge in [-0.1, -0.05) is 25.1 Å². The number of para-hydroxylation sites is 1. The lowest BCUT2D eigenvalue weighted by atomic mass is 9.85. The molecule has 1 fully saturated rings. The molecule has 1 aliphatic carbocycles. The maximum Gasteiger partial charge on any atom is 0.320 e.